The number of rotatable bonds is 4. The van der Waals surface area contributed by atoms with Gasteiger partial charge >= 0.3 is 0 Å². The highest BCUT2D eigenvalue weighted by Gasteiger charge is 2.17. The van der Waals surface area contributed by atoms with Gasteiger partial charge in [0.05, 0.1) is 5.02 Å². The Balaban J connectivity index is 1.56. The summed E-state index contributed by atoms with van der Waals surface area (Å²) in [5.74, 6) is -0.445. The Morgan fingerprint density at radius 2 is 1.88 bits per heavy atom. The van der Waals surface area contributed by atoms with Gasteiger partial charge in [0.25, 0.3) is 0 Å². The smallest absolute Gasteiger partial charge is 0.197 e. The van der Waals surface area contributed by atoms with Gasteiger partial charge in [0.15, 0.2) is 10.3 Å². The molecule has 1 aliphatic rings. The summed E-state index contributed by atoms with van der Waals surface area (Å²) in [5.41, 5.74) is 3.83. The van der Waals surface area contributed by atoms with Crippen molar-refractivity contribution in [3.05, 3.63) is 70.8 Å². The molecule has 0 aliphatic carbocycles. The van der Waals surface area contributed by atoms with Gasteiger partial charge in [0, 0.05) is 23.3 Å². The summed E-state index contributed by atoms with van der Waals surface area (Å²) < 4.78 is 13.1. The SMILES string of the molecule is CC(=CN=C1N=C(Nc2ccc(F)c(Cl)c2)S1)Nc1ccc(C)cc1. The van der Waals surface area contributed by atoms with Gasteiger partial charge < -0.3 is 10.6 Å². The molecular formula is C18H16ClFN4S. The molecule has 0 fully saturated rings. The number of thioether (sulfide) groups is 1. The van der Waals surface area contributed by atoms with Crippen molar-refractivity contribution in [3.8, 4) is 0 Å². The third-order valence-electron chi connectivity index (χ3n) is 3.32. The monoisotopic (exact) mass is 374 g/mol. The third-order valence-corrected chi connectivity index (χ3v) is 4.37. The van der Waals surface area contributed by atoms with Crippen LogP contribution in [0.4, 0.5) is 15.8 Å². The minimum Gasteiger partial charge on any atom is -0.358 e. The Morgan fingerprint density at radius 3 is 2.56 bits per heavy atom. The lowest BCUT2D eigenvalue weighted by molar-refractivity contribution is 0.628. The molecule has 2 aromatic rings. The predicted octanol–water partition coefficient (Wildman–Crippen LogP) is 5.63. The van der Waals surface area contributed by atoms with E-state index in [1.54, 1.807) is 12.3 Å². The number of allylic oxidation sites excluding steroid dienone is 1. The molecule has 0 aromatic heterocycles. The van der Waals surface area contributed by atoms with Crippen molar-refractivity contribution < 1.29 is 4.39 Å². The zero-order valence-corrected chi connectivity index (χ0v) is 15.2. The largest absolute Gasteiger partial charge is 0.358 e. The summed E-state index contributed by atoms with van der Waals surface area (Å²) in [6.07, 6.45) is 1.73. The van der Waals surface area contributed by atoms with Crippen molar-refractivity contribution in [2.75, 3.05) is 10.6 Å². The second-order valence-corrected chi connectivity index (χ2v) is 6.85. The van der Waals surface area contributed by atoms with Gasteiger partial charge in [-0.15, -0.1) is 0 Å². The summed E-state index contributed by atoms with van der Waals surface area (Å²) in [6.45, 7) is 3.99. The summed E-state index contributed by atoms with van der Waals surface area (Å²) >= 11 is 7.16. The lowest BCUT2D eigenvalue weighted by atomic mass is 10.2. The maximum Gasteiger partial charge on any atom is 0.197 e. The van der Waals surface area contributed by atoms with Crippen LogP contribution < -0.4 is 10.6 Å². The molecule has 0 amide bonds. The van der Waals surface area contributed by atoms with E-state index in [1.165, 1.54) is 29.5 Å². The van der Waals surface area contributed by atoms with Crippen LogP contribution >= 0.6 is 23.4 Å². The Hall–Kier alpha value is -2.31. The van der Waals surface area contributed by atoms with E-state index >= 15 is 0 Å². The van der Waals surface area contributed by atoms with E-state index in [1.807, 2.05) is 31.2 Å². The topological polar surface area (TPSA) is 48.8 Å². The Labute approximate surface area is 154 Å². The molecule has 0 spiro atoms. The average Bonchev–Trinajstić information content (AvgIpc) is 2.55. The van der Waals surface area contributed by atoms with E-state index in [-0.39, 0.29) is 5.02 Å². The lowest BCUT2D eigenvalue weighted by Gasteiger charge is -2.16. The first-order valence-corrected chi connectivity index (χ1v) is 8.76. The summed E-state index contributed by atoms with van der Waals surface area (Å²) in [7, 11) is 0. The predicted molar refractivity (Wildman–Crippen MR) is 106 cm³/mol. The summed E-state index contributed by atoms with van der Waals surface area (Å²) in [4.78, 5) is 8.58. The van der Waals surface area contributed by atoms with Gasteiger partial charge in [-0.25, -0.2) is 9.38 Å². The van der Waals surface area contributed by atoms with Crippen LogP contribution in [0.25, 0.3) is 0 Å². The van der Waals surface area contributed by atoms with E-state index in [2.05, 4.69) is 27.5 Å². The minimum atomic E-state index is -0.445. The lowest BCUT2D eigenvalue weighted by Crippen LogP contribution is -2.19. The molecule has 0 unspecified atom stereocenters. The number of nitrogens with zero attached hydrogens (tertiary/aromatic N) is 2. The highest BCUT2D eigenvalue weighted by atomic mass is 35.5. The zero-order chi connectivity index (χ0) is 17.8. The fourth-order valence-corrected chi connectivity index (χ4v) is 2.80. The number of hydrogen-bond acceptors (Lipinski definition) is 4. The van der Waals surface area contributed by atoms with E-state index in [0.717, 1.165) is 11.4 Å². The second kappa shape index (κ2) is 7.72. The van der Waals surface area contributed by atoms with Crippen molar-refractivity contribution in [2.24, 2.45) is 9.98 Å². The van der Waals surface area contributed by atoms with Crippen molar-refractivity contribution in [3.63, 3.8) is 0 Å². The molecular weight excluding hydrogens is 359 g/mol. The maximum absolute atomic E-state index is 13.1. The summed E-state index contributed by atoms with van der Waals surface area (Å²) in [5, 5.41) is 7.74. The average molecular weight is 375 g/mol. The number of amidine groups is 2. The molecule has 4 nitrogen and oxygen atoms in total. The van der Waals surface area contributed by atoms with Crippen LogP contribution in [0.15, 0.2) is 64.3 Å². The minimum absolute atomic E-state index is 0.0737. The molecule has 25 heavy (non-hydrogen) atoms. The van der Waals surface area contributed by atoms with E-state index in [4.69, 9.17) is 11.6 Å². The molecule has 7 heteroatoms. The number of anilines is 2. The quantitative estimate of drug-likeness (QED) is 0.728. The van der Waals surface area contributed by atoms with Crippen LogP contribution in [0.5, 0.6) is 0 Å². The molecule has 1 aliphatic heterocycles. The first kappa shape index (κ1) is 17.5. The molecule has 0 saturated heterocycles. The van der Waals surface area contributed by atoms with Crippen molar-refractivity contribution in [2.45, 2.75) is 13.8 Å². The molecule has 0 bridgehead atoms. The van der Waals surface area contributed by atoms with Crippen molar-refractivity contribution >= 4 is 45.1 Å². The zero-order valence-electron chi connectivity index (χ0n) is 13.7. The first-order valence-electron chi connectivity index (χ1n) is 7.56. The van der Waals surface area contributed by atoms with Gasteiger partial charge in [-0.05, 0) is 55.9 Å². The van der Waals surface area contributed by atoms with Crippen LogP contribution in [0.2, 0.25) is 5.02 Å². The first-order chi connectivity index (χ1) is 12.0. The normalized spacial score (nSPS) is 15.6. The van der Waals surface area contributed by atoms with Crippen LogP contribution in [-0.4, -0.2) is 10.3 Å². The fraction of sp³-hybridized carbons (Fsp3) is 0.111. The third kappa shape index (κ3) is 4.84. The van der Waals surface area contributed by atoms with Crippen LogP contribution in [0.1, 0.15) is 12.5 Å². The molecule has 2 N–H and O–H groups in total. The number of nitrogens with one attached hydrogen (secondary N) is 2. The summed E-state index contributed by atoms with van der Waals surface area (Å²) in [6, 6.07) is 12.6. The fourth-order valence-electron chi connectivity index (χ4n) is 2.03. The molecule has 2 aromatic carbocycles. The van der Waals surface area contributed by atoms with Gasteiger partial charge in [0.1, 0.15) is 5.82 Å². The van der Waals surface area contributed by atoms with Gasteiger partial charge in [0.2, 0.25) is 0 Å². The molecule has 0 atom stereocenters. The maximum atomic E-state index is 13.1. The Kier molecular flexibility index (Phi) is 5.40. The van der Waals surface area contributed by atoms with Crippen LogP contribution in [0, 0.1) is 12.7 Å². The highest BCUT2D eigenvalue weighted by Crippen LogP contribution is 2.25. The second-order valence-electron chi connectivity index (χ2n) is 5.49. The van der Waals surface area contributed by atoms with Crippen molar-refractivity contribution in [1.29, 1.82) is 0 Å². The number of hydrogen-bond donors (Lipinski definition) is 2. The van der Waals surface area contributed by atoms with E-state index < -0.39 is 5.82 Å². The van der Waals surface area contributed by atoms with Crippen LogP contribution in [-0.2, 0) is 0 Å². The Morgan fingerprint density at radius 1 is 1.20 bits per heavy atom. The number of aryl methyl sites for hydroxylation is 1. The van der Waals surface area contributed by atoms with E-state index in [9.17, 15) is 4.39 Å². The molecule has 0 saturated carbocycles. The van der Waals surface area contributed by atoms with Gasteiger partial charge in [-0.3, -0.25) is 0 Å². The standard InChI is InChI=1S/C18H16ClFN4S/c1-11-3-5-13(6-4-11)22-12(2)10-21-17-24-18(25-17)23-14-7-8-16(20)15(19)9-14/h3-10,22H,1-2H3,(H,21,23,24). The molecule has 3 rings (SSSR count). The van der Waals surface area contributed by atoms with E-state index in [0.29, 0.717) is 16.0 Å². The number of halogens is 2. The van der Waals surface area contributed by atoms with Gasteiger partial charge in [-0.2, -0.15) is 4.99 Å². The molecule has 128 valence electrons. The molecule has 1 heterocycles. The number of aliphatic imine (C=N–C) groups is 2. The van der Waals surface area contributed by atoms with Gasteiger partial charge in [-0.1, -0.05) is 29.3 Å². The van der Waals surface area contributed by atoms with Crippen molar-refractivity contribution in [1.82, 2.24) is 0 Å². The molecule has 0 radical (unpaired) electrons. The highest BCUT2D eigenvalue weighted by molar-refractivity contribution is 8.29. The Bertz CT molecular complexity index is 875. The van der Waals surface area contributed by atoms with Crippen LogP contribution in [0.3, 0.4) is 0 Å². The number of benzene rings is 2.